The summed E-state index contributed by atoms with van der Waals surface area (Å²) in [5.41, 5.74) is 1.03. The Labute approximate surface area is 135 Å². The molecule has 1 N–H and O–H groups in total. The molecule has 2 rings (SSSR count). The Bertz CT molecular complexity index is 642. The Morgan fingerprint density at radius 2 is 2.19 bits per heavy atom. The molecule has 0 saturated carbocycles. The van der Waals surface area contributed by atoms with Gasteiger partial charge in [0.05, 0.1) is 23.9 Å². The Morgan fingerprint density at radius 3 is 2.86 bits per heavy atom. The third kappa shape index (κ3) is 3.51. The minimum absolute atomic E-state index is 0.0522. The number of aromatic nitrogens is 2. The van der Waals surface area contributed by atoms with Gasteiger partial charge in [-0.05, 0) is 28.5 Å². The van der Waals surface area contributed by atoms with Crippen LogP contribution in [0, 0.1) is 5.82 Å². The first-order chi connectivity index (χ1) is 10.1. The average Bonchev–Trinajstić information content (AvgIpc) is 2.51. The number of benzene rings is 1. The second kappa shape index (κ2) is 7.15. The van der Waals surface area contributed by atoms with Gasteiger partial charge >= 0.3 is 0 Å². The van der Waals surface area contributed by atoms with E-state index in [2.05, 4.69) is 31.2 Å². The summed E-state index contributed by atoms with van der Waals surface area (Å²) in [4.78, 5) is 8.16. The van der Waals surface area contributed by atoms with Crippen LogP contribution in [0.4, 0.5) is 4.39 Å². The van der Waals surface area contributed by atoms with Gasteiger partial charge in [-0.2, -0.15) is 0 Å². The van der Waals surface area contributed by atoms with Gasteiger partial charge in [-0.1, -0.05) is 24.6 Å². The van der Waals surface area contributed by atoms with Crippen LogP contribution in [0.1, 0.15) is 24.2 Å². The topological polar surface area (TPSA) is 47.0 Å². The summed E-state index contributed by atoms with van der Waals surface area (Å²) in [5, 5.41) is 3.25. The van der Waals surface area contributed by atoms with E-state index in [0.29, 0.717) is 28.2 Å². The van der Waals surface area contributed by atoms with Crippen LogP contribution in [0.2, 0.25) is 5.02 Å². The molecule has 1 unspecified atom stereocenters. The molecule has 21 heavy (non-hydrogen) atoms. The highest BCUT2D eigenvalue weighted by atomic mass is 79.9. The van der Waals surface area contributed by atoms with Gasteiger partial charge in [-0.15, -0.1) is 0 Å². The van der Waals surface area contributed by atoms with Crippen molar-refractivity contribution in [3.05, 3.63) is 51.1 Å². The number of hydrogen-bond acceptors (Lipinski definition) is 4. The summed E-state index contributed by atoms with van der Waals surface area (Å²) >= 11 is 9.18. The van der Waals surface area contributed by atoms with E-state index in [1.165, 1.54) is 13.4 Å². The molecule has 0 radical (unpaired) electrons. The van der Waals surface area contributed by atoms with E-state index in [-0.39, 0.29) is 5.02 Å². The second-order valence-electron chi connectivity index (χ2n) is 4.24. The van der Waals surface area contributed by atoms with Gasteiger partial charge in [0.2, 0.25) is 5.88 Å². The molecule has 1 aromatic carbocycles. The molecule has 0 spiro atoms. The van der Waals surface area contributed by atoms with E-state index in [1.807, 2.05) is 6.92 Å². The van der Waals surface area contributed by atoms with Gasteiger partial charge < -0.3 is 10.1 Å². The van der Waals surface area contributed by atoms with Crippen molar-refractivity contribution in [3.8, 4) is 5.88 Å². The van der Waals surface area contributed by atoms with Crippen LogP contribution in [-0.4, -0.2) is 23.6 Å². The largest absolute Gasteiger partial charge is 0.481 e. The number of nitrogens with zero attached hydrogens (tertiary/aromatic N) is 2. The zero-order valence-electron chi connectivity index (χ0n) is 11.5. The van der Waals surface area contributed by atoms with Crippen LogP contribution >= 0.6 is 27.5 Å². The number of halogens is 3. The molecule has 1 heterocycles. The smallest absolute Gasteiger partial charge is 0.216 e. The minimum atomic E-state index is -0.477. The first kappa shape index (κ1) is 16.1. The average molecular weight is 375 g/mol. The van der Waals surface area contributed by atoms with Gasteiger partial charge in [-0.3, -0.25) is 0 Å². The molecule has 0 saturated heterocycles. The number of ether oxygens (including phenoxy) is 1. The van der Waals surface area contributed by atoms with E-state index >= 15 is 0 Å². The molecule has 0 bridgehead atoms. The van der Waals surface area contributed by atoms with Crippen molar-refractivity contribution in [2.45, 2.75) is 13.0 Å². The Kier molecular flexibility index (Phi) is 5.50. The van der Waals surface area contributed by atoms with Crippen molar-refractivity contribution < 1.29 is 9.13 Å². The Morgan fingerprint density at radius 1 is 1.43 bits per heavy atom. The van der Waals surface area contributed by atoms with Gasteiger partial charge in [0, 0.05) is 16.1 Å². The Balaban J connectivity index is 2.50. The van der Waals surface area contributed by atoms with Crippen molar-refractivity contribution in [2.24, 2.45) is 0 Å². The summed E-state index contributed by atoms with van der Waals surface area (Å²) in [6.45, 7) is 2.58. The summed E-state index contributed by atoms with van der Waals surface area (Å²) in [6.07, 6.45) is 1.39. The lowest BCUT2D eigenvalue weighted by Crippen LogP contribution is -2.24. The maximum Gasteiger partial charge on any atom is 0.216 e. The molecule has 2 aromatic rings. The van der Waals surface area contributed by atoms with Crippen LogP contribution in [0.5, 0.6) is 5.88 Å². The molecule has 1 aromatic heterocycles. The third-order valence-corrected chi connectivity index (χ3v) is 4.21. The minimum Gasteiger partial charge on any atom is -0.481 e. The van der Waals surface area contributed by atoms with Crippen LogP contribution < -0.4 is 10.1 Å². The molecule has 0 amide bonds. The molecule has 0 aliphatic carbocycles. The lowest BCUT2D eigenvalue weighted by atomic mass is 10.0. The highest BCUT2D eigenvalue weighted by Crippen LogP contribution is 2.32. The van der Waals surface area contributed by atoms with Crippen molar-refractivity contribution in [1.29, 1.82) is 0 Å². The highest BCUT2D eigenvalue weighted by molar-refractivity contribution is 9.10. The molecule has 4 nitrogen and oxygen atoms in total. The van der Waals surface area contributed by atoms with E-state index in [0.717, 1.165) is 0 Å². The predicted molar refractivity (Wildman–Crippen MR) is 83.2 cm³/mol. The normalized spacial score (nSPS) is 12.2. The van der Waals surface area contributed by atoms with Crippen LogP contribution in [-0.2, 0) is 0 Å². The number of rotatable bonds is 5. The summed E-state index contributed by atoms with van der Waals surface area (Å²) in [7, 11) is 1.52. The zero-order chi connectivity index (χ0) is 15.4. The molecule has 0 aliphatic heterocycles. The van der Waals surface area contributed by atoms with E-state index in [9.17, 15) is 4.39 Å². The standard InChI is InChI=1S/C14H14BrClFN3O/c1-3-18-14(10-6-11(21-2)20-7-19-10)8-4-5-9(15)12(16)13(8)17/h4-7,14,18H,3H2,1-2H3. The summed E-state index contributed by atoms with van der Waals surface area (Å²) in [5.74, 6) is -0.0545. The quantitative estimate of drug-likeness (QED) is 0.810. The second-order valence-corrected chi connectivity index (χ2v) is 5.47. The number of methoxy groups -OCH3 is 1. The van der Waals surface area contributed by atoms with E-state index < -0.39 is 11.9 Å². The highest BCUT2D eigenvalue weighted by Gasteiger charge is 2.21. The van der Waals surface area contributed by atoms with E-state index in [1.54, 1.807) is 18.2 Å². The van der Waals surface area contributed by atoms with Gasteiger partial charge in [0.1, 0.15) is 12.1 Å². The fraction of sp³-hybridized carbons (Fsp3) is 0.286. The molecule has 0 fully saturated rings. The summed E-state index contributed by atoms with van der Waals surface area (Å²) in [6, 6.07) is 4.62. The number of nitrogens with one attached hydrogen (secondary N) is 1. The molecule has 112 valence electrons. The van der Waals surface area contributed by atoms with Crippen molar-refractivity contribution >= 4 is 27.5 Å². The molecule has 7 heteroatoms. The zero-order valence-corrected chi connectivity index (χ0v) is 13.9. The SMILES string of the molecule is CCNC(c1cc(OC)ncn1)c1ccc(Br)c(Cl)c1F. The van der Waals surface area contributed by atoms with Crippen molar-refractivity contribution in [1.82, 2.24) is 15.3 Å². The molecular formula is C14H14BrClFN3O. The van der Waals surface area contributed by atoms with Crippen molar-refractivity contribution in [3.63, 3.8) is 0 Å². The van der Waals surface area contributed by atoms with Gasteiger partial charge in [0.15, 0.2) is 0 Å². The first-order valence-electron chi connectivity index (χ1n) is 6.31. The lowest BCUT2D eigenvalue weighted by Gasteiger charge is -2.19. The fourth-order valence-electron chi connectivity index (χ4n) is 1.96. The third-order valence-electron chi connectivity index (χ3n) is 2.95. The van der Waals surface area contributed by atoms with Crippen molar-refractivity contribution in [2.75, 3.05) is 13.7 Å². The maximum absolute atomic E-state index is 14.4. The van der Waals surface area contributed by atoms with Crippen LogP contribution in [0.3, 0.4) is 0 Å². The fourth-order valence-corrected chi connectivity index (χ4v) is 2.44. The Hall–Kier alpha value is -1.24. The van der Waals surface area contributed by atoms with Crippen LogP contribution in [0.15, 0.2) is 29.0 Å². The predicted octanol–water partition coefficient (Wildman–Crippen LogP) is 3.74. The van der Waals surface area contributed by atoms with Crippen LogP contribution in [0.25, 0.3) is 0 Å². The summed E-state index contributed by atoms with van der Waals surface area (Å²) < 4.78 is 20.0. The molecular weight excluding hydrogens is 361 g/mol. The van der Waals surface area contributed by atoms with Gasteiger partial charge in [-0.25, -0.2) is 14.4 Å². The van der Waals surface area contributed by atoms with Gasteiger partial charge in [0.25, 0.3) is 0 Å². The lowest BCUT2D eigenvalue weighted by molar-refractivity contribution is 0.394. The molecule has 1 atom stereocenters. The van der Waals surface area contributed by atoms with E-state index in [4.69, 9.17) is 16.3 Å². The number of hydrogen-bond donors (Lipinski definition) is 1. The maximum atomic E-state index is 14.4. The molecule has 0 aliphatic rings. The monoisotopic (exact) mass is 373 g/mol. The first-order valence-corrected chi connectivity index (χ1v) is 7.48.